The molecule has 0 bridgehead atoms. The van der Waals surface area contributed by atoms with Crippen LogP contribution in [0.5, 0.6) is 11.5 Å². The maximum atomic E-state index is 12.9. The Morgan fingerprint density at radius 1 is 1.07 bits per heavy atom. The van der Waals surface area contributed by atoms with E-state index in [0.717, 1.165) is 16.7 Å². The highest BCUT2D eigenvalue weighted by Gasteiger charge is 2.30. The SMILES string of the molecule is C=Cc1ccc(COc2cc(C)c3c(c2)O/C(=C\c2c(Cl)cccc2Cl)C3=O)cc1. The number of hydrogen-bond acceptors (Lipinski definition) is 3. The topological polar surface area (TPSA) is 35.5 Å². The van der Waals surface area contributed by atoms with Crippen LogP contribution in [0.15, 0.2) is 66.9 Å². The Hall–Kier alpha value is -3.01. The van der Waals surface area contributed by atoms with Gasteiger partial charge in [0.25, 0.3) is 0 Å². The summed E-state index contributed by atoms with van der Waals surface area (Å²) in [5.74, 6) is 1.07. The Morgan fingerprint density at radius 3 is 2.43 bits per heavy atom. The Morgan fingerprint density at radius 2 is 1.77 bits per heavy atom. The second-order valence-corrected chi connectivity index (χ2v) is 7.74. The summed E-state index contributed by atoms with van der Waals surface area (Å²) in [5, 5.41) is 0.899. The molecule has 0 aromatic heterocycles. The van der Waals surface area contributed by atoms with Gasteiger partial charge >= 0.3 is 0 Å². The van der Waals surface area contributed by atoms with Crippen molar-refractivity contribution in [2.75, 3.05) is 0 Å². The molecule has 3 aromatic rings. The molecule has 3 aromatic carbocycles. The number of carbonyl (C=O) groups excluding carboxylic acids is 1. The Bertz CT molecular complexity index is 1160. The van der Waals surface area contributed by atoms with Gasteiger partial charge in [-0.25, -0.2) is 0 Å². The third kappa shape index (κ3) is 4.00. The Balaban J connectivity index is 1.57. The van der Waals surface area contributed by atoms with Crippen molar-refractivity contribution >= 4 is 41.1 Å². The number of allylic oxidation sites excluding steroid dienone is 1. The second-order valence-electron chi connectivity index (χ2n) is 6.92. The highest BCUT2D eigenvalue weighted by Crippen LogP contribution is 2.38. The van der Waals surface area contributed by atoms with E-state index >= 15 is 0 Å². The van der Waals surface area contributed by atoms with Crippen LogP contribution in [0.3, 0.4) is 0 Å². The lowest BCUT2D eigenvalue weighted by Gasteiger charge is -2.09. The molecule has 0 aliphatic carbocycles. The summed E-state index contributed by atoms with van der Waals surface area (Å²) in [6.07, 6.45) is 3.37. The van der Waals surface area contributed by atoms with Crippen LogP contribution in [0.1, 0.15) is 32.6 Å². The van der Waals surface area contributed by atoms with Crippen molar-refractivity contribution in [3.05, 3.63) is 105 Å². The molecule has 3 nitrogen and oxygen atoms in total. The molecule has 0 atom stereocenters. The van der Waals surface area contributed by atoms with Crippen molar-refractivity contribution in [1.82, 2.24) is 0 Å². The summed E-state index contributed by atoms with van der Waals surface area (Å²) in [7, 11) is 0. The molecule has 30 heavy (non-hydrogen) atoms. The average Bonchev–Trinajstić information content (AvgIpc) is 3.05. The molecule has 0 N–H and O–H groups in total. The maximum Gasteiger partial charge on any atom is 0.232 e. The summed E-state index contributed by atoms with van der Waals surface area (Å²) in [6.45, 7) is 6.02. The molecule has 4 rings (SSSR count). The number of aryl methyl sites for hydroxylation is 1. The first-order valence-electron chi connectivity index (χ1n) is 9.33. The summed E-state index contributed by atoms with van der Waals surface area (Å²) in [5.41, 5.74) is 3.94. The monoisotopic (exact) mass is 436 g/mol. The standard InChI is InChI=1S/C25H18Cl2O3/c1-3-16-7-9-17(10-8-16)14-29-18-11-15(2)24-22(12-18)30-23(25(24)28)13-19-20(26)5-4-6-21(19)27/h3-13H,1,14H2,2H3/b23-13-. The van der Waals surface area contributed by atoms with Crippen LogP contribution in [-0.2, 0) is 6.61 Å². The van der Waals surface area contributed by atoms with Crippen LogP contribution in [0.2, 0.25) is 10.0 Å². The molecule has 0 fully saturated rings. The zero-order chi connectivity index (χ0) is 21.3. The first-order chi connectivity index (χ1) is 14.5. The van der Waals surface area contributed by atoms with E-state index < -0.39 is 0 Å². The zero-order valence-corrected chi connectivity index (χ0v) is 17.8. The molecule has 0 saturated heterocycles. The van der Waals surface area contributed by atoms with E-state index in [1.807, 2.05) is 37.3 Å². The highest BCUT2D eigenvalue weighted by molar-refractivity contribution is 6.37. The van der Waals surface area contributed by atoms with Crippen molar-refractivity contribution in [2.24, 2.45) is 0 Å². The largest absolute Gasteiger partial charge is 0.489 e. The molecule has 1 aliphatic heterocycles. The number of fused-ring (bicyclic) bond motifs is 1. The van der Waals surface area contributed by atoms with Crippen molar-refractivity contribution in [3.63, 3.8) is 0 Å². The predicted octanol–water partition coefficient (Wildman–Crippen LogP) is 7.14. The molecular formula is C25H18Cl2O3. The molecule has 1 aliphatic rings. The number of carbonyl (C=O) groups is 1. The summed E-state index contributed by atoms with van der Waals surface area (Å²) in [6, 6.07) is 16.7. The molecule has 0 saturated carbocycles. The minimum atomic E-state index is -0.204. The van der Waals surface area contributed by atoms with Gasteiger partial charge in [0.15, 0.2) is 5.76 Å². The molecule has 5 heteroatoms. The highest BCUT2D eigenvalue weighted by atomic mass is 35.5. The predicted molar refractivity (Wildman–Crippen MR) is 121 cm³/mol. The summed E-state index contributed by atoms with van der Waals surface area (Å²) < 4.78 is 11.8. The van der Waals surface area contributed by atoms with Gasteiger partial charge in [-0.15, -0.1) is 0 Å². The van der Waals surface area contributed by atoms with E-state index in [2.05, 4.69) is 6.58 Å². The van der Waals surface area contributed by atoms with Crippen LogP contribution in [0.4, 0.5) is 0 Å². The van der Waals surface area contributed by atoms with Gasteiger partial charge in [0.2, 0.25) is 5.78 Å². The molecule has 0 unspecified atom stereocenters. The quantitative estimate of drug-likeness (QED) is 0.398. The molecule has 0 amide bonds. The van der Waals surface area contributed by atoms with Gasteiger partial charge in [0.1, 0.15) is 18.1 Å². The van der Waals surface area contributed by atoms with Gasteiger partial charge in [-0.3, -0.25) is 4.79 Å². The maximum absolute atomic E-state index is 12.9. The first-order valence-corrected chi connectivity index (χ1v) is 10.1. The van der Waals surface area contributed by atoms with E-state index in [9.17, 15) is 4.79 Å². The Kier molecular flexibility index (Phi) is 5.67. The lowest BCUT2D eigenvalue weighted by Crippen LogP contribution is -2.00. The van der Waals surface area contributed by atoms with Gasteiger partial charge in [-0.1, -0.05) is 66.2 Å². The normalized spacial score (nSPS) is 13.8. The van der Waals surface area contributed by atoms with Gasteiger partial charge in [0.05, 0.1) is 5.56 Å². The van der Waals surface area contributed by atoms with E-state index in [4.69, 9.17) is 32.7 Å². The molecule has 0 radical (unpaired) electrons. The van der Waals surface area contributed by atoms with Crippen LogP contribution in [0.25, 0.3) is 12.2 Å². The van der Waals surface area contributed by atoms with Gasteiger partial charge in [-0.2, -0.15) is 0 Å². The number of halogens is 2. The lowest BCUT2D eigenvalue weighted by atomic mass is 10.0. The number of ether oxygens (including phenoxy) is 2. The van der Waals surface area contributed by atoms with E-state index in [-0.39, 0.29) is 11.5 Å². The van der Waals surface area contributed by atoms with Gasteiger partial charge in [-0.05, 0) is 47.9 Å². The van der Waals surface area contributed by atoms with E-state index in [0.29, 0.717) is 39.3 Å². The van der Waals surface area contributed by atoms with E-state index in [1.165, 1.54) is 0 Å². The third-order valence-corrected chi connectivity index (χ3v) is 5.50. The minimum absolute atomic E-state index is 0.181. The number of rotatable bonds is 5. The van der Waals surface area contributed by atoms with Crippen LogP contribution >= 0.6 is 23.2 Å². The number of Topliss-reactive ketones (excluding diaryl/α,β-unsaturated/α-hetero) is 1. The smallest absolute Gasteiger partial charge is 0.232 e. The first kappa shape index (κ1) is 20.3. The Labute approximate surface area is 185 Å². The zero-order valence-electron chi connectivity index (χ0n) is 16.2. The molecule has 150 valence electrons. The van der Waals surface area contributed by atoms with Gasteiger partial charge < -0.3 is 9.47 Å². The van der Waals surface area contributed by atoms with Crippen molar-refractivity contribution in [1.29, 1.82) is 0 Å². The summed E-state index contributed by atoms with van der Waals surface area (Å²) >= 11 is 12.4. The van der Waals surface area contributed by atoms with Crippen LogP contribution in [-0.4, -0.2) is 5.78 Å². The fourth-order valence-electron chi connectivity index (χ4n) is 3.26. The molecular weight excluding hydrogens is 419 g/mol. The van der Waals surface area contributed by atoms with Crippen molar-refractivity contribution < 1.29 is 14.3 Å². The fourth-order valence-corrected chi connectivity index (χ4v) is 3.76. The lowest BCUT2D eigenvalue weighted by molar-refractivity contribution is 0.101. The molecule has 1 heterocycles. The number of hydrogen-bond donors (Lipinski definition) is 0. The fraction of sp³-hybridized carbons (Fsp3) is 0.0800. The number of ketones is 1. The minimum Gasteiger partial charge on any atom is -0.489 e. The average molecular weight is 437 g/mol. The van der Waals surface area contributed by atoms with Crippen LogP contribution in [0, 0.1) is 6.92 Å². The number of benzene rings is 3. The van der Waals surface area contributed by atoms with Crippen molar-refractivity contribution in [3.8, 4) is 11.5 Å². The van der Waals surface area contributed by atoms with Crippen LogP contribution < -0.4 is 9.47 Å². The second kappa shape index (κ2) is 8.39. The third-order valence-electron chi connectivity index (χ3n) is 4.84. The summed E-state index contributed by atoms with van der Waals surface area (Å²) in [4.78, 5) is 12.9. The molecule has 0 spiro atoms. The van der Waals surface area contributed by atoms with Crippen molar-refractivity contribution in [2.45, 2.75) is 13.5 Å². The van der Waals surface area contributed by atoms with E-state index in [1.54, 1.807) is 36.4 Å². The van der Waals surface area contributed by atoms with Gasteiger partial charge in [0, 0.05) is 21.7 Å².